The Balaban J connectivity index is 1.69. The van der Waals surface area contributed by atoms with E-state index in [2.05, 4.69) is 39.0 Å². The number of fused-ring (bicyclic) bond motifs is 3. The third-order valence-corrected chi connectivity index (χ3v) is 6.37. The van der Waals surface area contributed by atoms with Gasteiger partial charge < -0.3 is 4.42 Å². The Morgan fingerprint density at radius 1 is 0.828 bits per heavy atom. The summed E-state index contributed by atoms with van der Waals surface area (Å²) < 4.78 is 5.64. The second-order valence-electron chi connectivity index (χ2n) is 7.44. The molecule has 0 aliphatic rings. The lowest BCUT2D eigenvalue weighted by Gasteiger charge is -2.07. The highest BCUT2D eigenvalue weighted by molar-refractivity contribution is 7.13. The average molecular weight is 397 g/mol. The predicted molar refractivity (Wildman–Crippen MR) is 121 cm³/mol. The fraction of sp³-hybridized carbons (Fsp3) is 0.120. The van der Waals surface area contributed by atoms with Gasteiger partial charge in [-0.05, 0) is 66.4 Å². The first kappa shape index (κ1) is 17.8. The van der Waals surface area contributed by atoms with Crippen molar-refractivity contribution in [1.29, 1.82) is 0 Å². The minimum atomic E-state index is -0.356. The lowest BCUT2D eigenvalue weighted by molar-refractivity contribution is 0.564. The Labute approximate surface area is 172 Å². The van der Waals surface area contributed by atoms with Crippen LogP contribution in [0.3, 0.4) is 0 Å². The van der Waals surface area contributed by atoms with Gasteiger partial charge in [-0.1, -0.05) is 36.4 Å². The first-order valence-corrected chi connectivity index (χ1v) is 10.4. The van der Waals surface area contributed by atoms with Crippen molar-refractivity contribution >= 4 is 33.1 Å². The maximum Gasteiger partial charge on any atom is 0.346 e. The first-order valence-electron chi connectivity index (χ1n) is 9.51. The van der Waals surface area contributed by atoms with Crippen LogP contribution in [0, 0.1) is 20.8 Å². The summed E-state index contributed by atoms with van der Waals surface area (Å²) >= 11 is 1.47. The van der Waals surface area contributed by atoms with E-state index in [-0.39, 0.29) is 5.63 Å². The largest absolute Gasteiger partial charge is 0.422 e. The van der Waals surface area contributed by atoms with Gasteiger partial charge in [0.25, 0.3) is 0 Å². The molecule has 3 aromatic carbocycles. The molecule has 3 nitrogen and oxygen atoms in total. The quantitative estimate of drug-likeness (QED) is 0.247. The fourth-order valence-corrected chi connectivity index (χ4v) is 4.60. The number of nitrogens with zero attached hydrogens (tertiary/aromatic N) is 1. The maximum absolute atomic E-state index is 12.7. The van der Waals surface area contributed by atoms with Crippen LogP contribution in [0.1, 0.15) is 16.7 Å². The highest BCUT2D eigenvalue weighted by Crippen LogP contribution is 2.33. The van der Waals surface area contributed by atoms with Crippen LogP contribution in [0.2, 0.25) is 0 Å². The summed E-state index contributed by atoms with van der Waals surface area (Å²) in [6.45, 7) is 6.31. The van der Waals surface area contributed by atoms with E-state index >= 15 is 0 Å². The number of benzene rings is 3. The number of hydrogen-bond acceptors (Lipinski definition) is 4. The van der Waals surface area contributed by atoms with Crippen molar-refractivity contribution in [2.75, 3.05) is 0 Å². The van der Waals surface area contributed by atoms with Gasteiger partial charge in [0.2, 0.25) is 0 Å². The molecule has 0 unspecified atom stereocenters. The van der Waals surface area contributed by atoms with Crippen molar-refractivity contribution < 1.29 is 4.42 Å². The van der Waals surface area contributed by atoms with Crippen LogP contribution >= 0.6 is 11.3 Å². The monoisotopic (exact) mass is 397 g/mol. The van der Waals surface area contributed by atoms with Gasteiger partial charge in [0, 0.05) is 16.3 Å². The molecule has 0 amide bonds. The van der Waals surface area contributed by atoms with E-state index in [1.165, 1.54) is 28.0 Å². The lowest BCUT2D eigenvalue weighted by atomic mass is 9.99. The first-order chi connectivity index (χ1) is 14.0. The normalized spacial score (nSPS) is 11.4. The summed E-state index contributed by atoms with van der Waals surface area (Å²) in [5.41, 5.74) is 6.42. The highest BCUT2D eigenvalue weighted by Gasteiger charge is 2.15. The van der Waals surface area contributed by atoms with Crippen LogP contribution in [0.4, 0.5) is 0 Å². The SMILES string of the molecule is Cc1cc(C)c(-c2csc(-c3cc4c(ccc5ccccc54)oc3=O)n2)cc1C. The zero-order chi connectivity index (χ0) is 20.1. The Bertz CT molecular complexity index is 1460. The number of rotatable bonds is 2. The molecule has 5 aromatic rings. The summed E-state index contributed by atoms with van der Waals surface area (Å²) in [5.74, 6) is 0. The van der Waals surface area contributed by atoms with Gasteiger partial charge >= 0.3 is 5.63 Å². The molecule has 29 heavy (non-hydrogen) atoms. The molecule has 0 bridgehead atoms. The molecular formula is C25H19NO2S. The summed E-state index contributed by atoms with van der Waals surface area (Å²) in [5, 5.41) is 5.80. The lowest BCUT2D eigenvalue weighted by Crippen LogP contribution is -2.02. The average Bonchev–Trinajstić information content (AvgIpc) is 3.19. The topological polar surface area (TPSA) is 43.1 Å². The Morgan fingerprint density at radius 2 is 1.62 bits per heavy atom. The molecule has 4 heteroatoms. The summed E-state index contributed by atoms with van der Waals surface area (Å²) in [6.07, 6.45) is 0. The van der Waals surface area contributed by atoms with Crippen molar-refractivity contribution in [3.63, 3.8) is 0 Å². The molecule has 5 rings (SSSR count). The molecule has 142 valence electrons. The van der Waals surface area contributed by atoms with Gasteiger partial charge in [-0.3, -0.25) is 0 Å². The van der Waals surface area contributed by atoms with Gasteiger partial charge in [0.05, 0.1) is 11.3 Å². The number of hydrogen-bond donors (Lipinski definition) is 0. The van der Waals surface area contributed by atoms with Gasteiger partial charge in [-0.25, -0.2) is 9.78 Å². The molecule has 2 aromatic heterocycles. The van der Waals surface area contributed by atoms with E-state index in [1.807, 2.05) is 41.8 Å². The van der Waals surface area contributed by atoms with Crippen LogP contribution in [0.15, 0.2) is 69.2 Å². The van der Waals surface area contributed by atoms with Crippen molar-refractivity contribution in [3.8, 4) is 21.8 Å². The number of thiazole rings is 1. The zero-order valence-corrected chi connectivity index (χ0v) is 17.3. The second-order valence-corrected chi connectivity index (χ2v) is 8.29. The molecule has 0 N–H and O–H groups in total. The van der Waals surface area contributed by atoms with Crippen molar-refractivity contribution in [1.82, 2.24) is 4.98 Å². The molecule has 0 atom stereocenters. The van der Waals surface area contributed by atoms with Gasteiger partial charge in [-0.15, -0.1) is 11.3 Å². The van der Waals surface area contributed by atoms with E-state index in [1.54, 1.807) is 0 Å². The molecule has 0 aliphatic carbocycles. The molecule has 0 aliphatic heterocycles. The Hall–Kier alpha value is -3.24. The molecule has 2 heterocycles. The molecular weight excluding hydrogens is 378 g/mol. The van der Waals surface area contributed by atoms with Crippen LogP contribution in [-0.2, 0) is 0 Å². The molecule has 0 saturated heterocycles. The van der Waals surface area contributed by atoms with Crippen molar-refractivity contribution in [2.45, 2.75) is 20.8 Å². The van der Waals surface area contributed by atoms with Gasteiger partial charge in [0.15, 0.2) is 0 Å². The summed E-state index contributed by atoms with van der Waals surface area (Å²) in [4.78, 5) is 17.5. The third-order valence-electron chi connectivity index (χ3n) is 5.49. The summed E-state index contributed by atoms with van der Waals surface area (Å²) in [7, 11) is 0. The van der Waals surface area contributed by atoms with E-state index in [4.69, 9.17) is 9.40 Å². The minimum Gasteiger partial charge on any atom is -0.422 e. The number of aromatic nitrogens is 1. The fourth-order valence-electron chi connectivity index (χ4n) is 3.78. The van der Waals surface area contributed by atoms with Crippen LogP contribution in [-0.4, -0.2) is 4.98 Å². The van der Waals surface area contributed by atoms with Crippen LogP contribution < -0.4 is 5.63 Å². The third kappa shape index (κ3) is 2.97. The molecule has 0 saturated carbocycles. The maximum atomic E-state index is 12.7. The summed E-state index contributed by atoms with van der Waals surface area (Å²) in [6, 6.07) is 18.2. The molecule has 0 radical (unpaired) electrons. The van der Waals surface area contributed by atoms with E-state index < -0.39 is 0 Å². The van der Waals surface area contributed by atoms with E-state index in [9.17, 15) is 4.79 Å². The van der Waals surface area contributed by atoms with Crippen molar-refractivity contribution in [3.05, 3.63) is 87.1 Å². The Kier molecular flexibility index (Phi) is 4.10. The van der Waals surface area contributed by atoms with Crippen LogP contribution in [0.25, 0.3) is 43.6 Å². The molecule has 0 spiro atoms. The zero-order valence-electron chi connectivity index (χ0n) is 16.4. The van der Waals surface area contributed by atoms with Gasteiger partial charge in [-0.2, -0.15) is 0 Å². The van der Waals surface area contributed by atoms with Crippen LogP contribution in [0.5, 0.6) is 0 Å². The minimum absolute atomic E-state index is 0.356. The Morgan fingerprint density at radius 3 is 2.48 bits per heavy atom. The van der Waals surface area contributed by atoms with E-state index in [0.29, 0.717) is 16.2 Å². The standard InChI is InChI=1S/C25H19NO2S/c1-14-10-16(3)19(11-15(14)2)22-13-29-24(26-22)21-12-20-18-7-5-4-6-17(18)8-9-23(20)28-25(21)27/h4-13H,1-3H3. The van der Waals surface area contributed by atoms with Gasteiger partial charge in [0.1, 0.15) is 10.6 Å². The van der Waals surface area contributed by atoms with Crippen molar-refractivity contribution in [2.24, 2.45) is 0 Å². The van der Waals surface area contributed by atoms with E-state index in [0.717, 1.165) is 27.4 Å². The molecule has 0 fully saturated rings. The highest BCUT2D eigenvalue weighted by atomic mass is 32.1. The number of aryl methyl sites for hydroxylation is 3. The predicted octanol–water partition coefficient (Wildman–Crippen LogP) is 6.66. The second kappa shape index (κ2) is 6.68. The smallest absolute Gasteiger partial charge is 0.346 e.